The number of hydrogen-bond donors (Lipinski definition) is 0. The van der Waals surface area contributed by atoms with Gasteiger partial charge in [-0.15, -0.1) is 0 Å². The zero-order valence-corrected chi connectivity index (χ0v) is 8.21. The quantitative estimate of drug-likeness (QED) is 0.661. The van der Waals surface area contributed by atoms with Crippen LogP contribution >= 0.6 is 50.2 Å². The van der Waals surface area contributed by atoms with E-state index < -0.39 is 6.55 Å². The normalized spacial score (nSPS) is 21.1. The van der Waals surface area contributed by atoms with Gasteiger partial charge in [0.05, 0.1) is 0 Å². The molecule has 52 valence electrons. The van der Waals surface area contributed by atoms with Gasteiger partial charge in [0.15, 0.2) is 0 Å². The number of rotatable bonds is 1. The first-order valence-corrected chi connectivity index (χ1v) is 10.5. The van der Waals surface area contributed by atoms with E-state index in [0.717, 1.165) is 0 Å². The van der Waals surface area contributed by atoms with Gasteiger partial charge in [-0.05, 0) is 0 Å². The van der Waals surface area contributed by atoms with E-state index in [0.29, 0.717) is 0 Å². The van der Waals surface area contributed by atoms with E-state index in [2.05, 4.69) is 0 Å². The first-order chi connectivity index (χ1) is 3.04. The Labute approximate surface area is 65.5 Å². The molecular formula is Cl5CrNO. The standard InChI is InChI=1S/5ClH.Cr.NO/c;;;;;;1-2/h5*1H;;/q;;;;;+6;-1/p-5. The number of halogens is 5. The molecule has 8 heavy (non-hydrogen) atoms. The van der Waals surface area contributed by atoms with E-state index in [-0.39, 0.29) is 0 Å². The average molecular weight is 259 g/mol. The van der Waals surface area contributed by atoms with Crippen LogP contribution in [0.4, 0.5) is 0 Å². The summed E-state index contributed by atoms with van der Waals surface area (Å²) >= 11 is 0. The molecule has 0 aliphatic heterocycles. The Morgan fingerprint density at radius 2 is 1.12 bits per heavy atom. The van der Waals surface area contributed by atoms with Crippen LogP contribution in [-0.4, -0.2) is 0 Å². The van der Waals surface area contributed by atoms with E-state index in [1.165, 1.54) is 0 Å². The Bertz CT molecular complexity index is 116. The average Bonchev–Trinajstić information content (AvgIpc) is 1.30. The van der Waals surface area contributed by atoms with Gasteiger partial charge in [0.1, 0.15) is 0 Å². The van der Waals surface area contributed by atoms with Gasteiger partial charge in [0.25, 0.3) is 0 Å². The molecule has 0 amide bonds. The van der Waals surface area contributed by atoms with Crippen LogP contribution in [0.15, 0.2) is 4.16 Å². The molecule has 0 spiro atoms. The van der Waals surface area contributed by atoms with Crippen molar-refractivity contribution in [2.75, 3.05) is 0 Å². The Morgan fingerprint density at radius 1 is 1.00 bits per heavy atom. The second kappa shape index (κ2) is 1.60. The van der Waals surface area contributed by atoms with Crippen LogP contribution in [0.2, 0.25) is 0 Å². The molecule has 0 N–H and O–H groups in total. The van der Waals surface area contributed by atoms with E-state index in [4.69, 9.17) is 50.2 Å². The minimum atomic E-state index is -5.58. The van der Waals surface area contributed by atoms with Crippen LogP contribution in [0, 0.1) is 4.91 Å². The van der Waals surface area contributed by atoms with Crippen molar-refractivity contribution in [2.45, 2.75) is 0 Å². The molecule has 0 unspecified atom stereocenters. The fourth-order valence-electron chi connectivity index (χ4n) is 0. The van der Waals surface area contributed by atoms with Crippen LogP contribution in [0.5, 0.6) is 0 Å². The van der Waals surface area contributed by atoms with E-state index >= 15 is 0 Å². The SMILES string of the molecule is O=[N][Cr]([Cl])([Cl])([Cl])([Cl])[Cl]. The topological polar surface area (TPSA) is 29.4 Å². The zero-order valence-electron chi connectivity index (χ0n) is 3.15. The van der Waals surface area contributed by atoms with Crippen molar-refractivity contribution in [3.05, 3.63) is 4.91 Å². The summed E-state index contributed by atoms with van der Waals surface area (Å²) in [6, 6.07) is 0. The summed E-state index contributed by atoms with van der Waals surface area (Å²) in [5.74, 6) is 0. The monoisotopic (exact) mass is 257 g/mol. The molecule has 0 atom stereocenters. The van der Waals surface area contributed by atoms with Gasteiger partial charge in [0.2, 0.25) is 0 Å². The second-order valence-electron chi connectivity index (χ2n) is 1.00. The molecule has 0 saturated carbocycles. The van der Waals surface area contributed by atoms with Gasteiger partial charge in [-0.1, -0.05) is 0 Å². The first kappa shape index (κ1) is 9.58. The van der Waals surface area contributed by atoms with Crippen molar-refractivity contribution < 1.29 is 6.55 Å². The molecular weight excluding hydrogens is 259 g/mol. The van der Waals surface area contributed by atoms with Crippen LogP contribution < -0.4 is 0 Å². The molecule has 0 aromatic rings. The van der Waals surface area contributed by atoms with Crippen LogP contribution in [0.1, 0.15) is 0 Å². The molecule has 0 aliphatic rings. The fraction of sp³-hybridized carbons (Fsp3) is 0. The molecule has 0 radical (unpaired) electrons. The number of hydrogen-bond acceptors (Lipinski definition) is 2. The number of nitroso groups, excluding NO2 is 1. The Balaban J connectivity index is 4.77. The number of nitrogens with zero attached hydrogens (tertiary/aromatic N) is 1. The van der Waals surface area contributed by atoms with Gasteiger partial charge < -0.3 is 0 Å². The van der Waals surface area contributed by atoms with Crippen LogP contribution in [0.25, 0.3) is 0 Å². The maximum atomic E-state index is 9.63. The van der Waals surface area contributed by atoms with Gasteiger partial charge >= 0.3 is 65.9 Å². The molecule has 2 nitrogen and oxygen atoms in total. The third-order valence-corrected chi connectivity index (χ3v) is 1.74. The van der Waals surface area contributed by atoms with Crippen LogP contribution in [0.3, 0.4) is 0 Å². The van der Waals surface area contributed by atoms with Crippen molar-refractivity contribution in [2.24, 2.45) is 4.16 Å². The summed E-state index contributed by atoms with van der Waals surface area (Å²) in [7, 11) is 24.9. The molecule has 0 bridgehead atoms. The van der Waals surface area contributed by atoms with E-state index in [1.807, 2.05) is 4.16 Å². The van der Waals surface area contributed by atoms with Crippen molar-refractivity contribution in [1.82, 2.24) is 0 Å². The Morgan fingerprint density at radius 3 is 1.12 bits per heavy atom. The third kappa shape index (κ3) is 7.58. The van der Waals surface area contributed by atoms with Gasteiger partial charge in [-0.25, -0.2) is 0 Å². The Hall–Kier alpha value is 1.58. The third-order valence-electron chi connectivity index (χ3n) is 0.141. The molecule has 0 heterocycles. The predicted molar refractivity (Wildman–Crippen MR) is 35.1 cm³/mol. The summed E-state index contributed by atoms with van der Waals surface area (Å²) in [4.78, 5) is 9.63. The first-order valence-electron chi connectivity index (χ1n) is 1.14. The summed E-state index contributed by atoms with van der Waals surface area (Å²) in [5, 5.41) is 0. The van der Waals surface area contributed by atoms with Crippen molar-refractivity contribution in [3.63, 3.8) is 0 Å². The van der Waals surface area contributed by atoms with Gasteiger partial charge in [0, 0.05) is 0 Å². The molecule has 0 aromatic heterocycles. The molecule has 8 heteroatoms. The van der Waals surface area contributed by atoms with E-state index in [9.17, 15) is 4.91 Å². The summed E-state index contributed by atoms with van der Waals surface area (Å²) in [6.45, 7) is -5.58. The van der Waals surface area contributed by atoms with E-state index in [1.54, 1.807) is 0 Å². The summed E-state index contributed by atoms with van der Waals surface area (Å²) in [5.41, 5.74) is 0. The summed E-state index contributed by atoms with van der Waals surface area (Å²) in [6.07, 6.45) is 0. The minimum absolute atomic E-state index is 2.03. The second-order valence-corrected chi connectivity index (χ2v) is 26.2. The molecule has 0 aliphatic carbocycles. The molecule has 0 rings (SSSR count). The zero-order chi connectivity index (χ0) is 7.12. The van der Waals surface area contributed by atoms with Crippen molar-refractivity contribution in [3.8, 4) is 0 Å². The van der Waals surface area contributed by atoms with Crippen molar-refractivity contribution >= 4 is 50.2 Å². The summed E-state index contributed by atoms with van der Waals surface area (Å²) < 4.78 is 2.03. The fourth-order valence-corrected chi connectivity index (χ4v) is 0. The molecule has 0 saturated heterocycles. The maximum absolute atomic E-state index is 9.63. The van der Waals surface area contributed by atoms with Gasteiger partial charge in [-0.2, -0.15) is 0 Å². The Kier molecular flexibility index (Phi) is 1.91. The molecule has 0 aromatic carbocycles. The predicted octanol–water partition coefficient (Wildman–Crippen LogP) is 3.66. The van der Waals surface area contributed by atoms with Crippen molar-refractivity contribution in [1.29, 1.82) is 0 Å². The molecule has 0 fully saturated rings. The van der Waals surface area contributed by atoms with Gasteiger partial charge in [-0.3, -0.25) is 0 Å². The van der Waals surface area contributed by atoms with Crippen LogP contribution in [-0.2, 0) is 6.55 Å².